The molecule has 1 fully saturated rings. The van der Waals surface area contributed by atoms with Crippen molar-refractivity contribution in [2.75, 3.05) is 0 Å². The summed E-state index contributed by atoms with van der Waals surface area (Å²) in [5, 5.41) is 4.21. The van der Waals surface area contributed by atoms with Gasteiger partial charge in [0.2, 0.25) is 0 Å². The Bertz CT molecular complexity index is 566. The van der Waals surface area contributed by atoms with Gasteiger partial charge in [-0.2, -0.15) is 0 Å². The number of hydrogen-bond donors (Lipinski definition) is 3. The molecule has 21 heavy (non-hydrogen) atoms. The van der Waals surface area contributed by atoms with Gasteiger partial charge in [-0.1, -0.05) is 37.6 Å². The van der Waals surface area contributed by atoms with E-state index in [-0.39, 0.29) is 5.54 Å². The zero-order valence-electron chi connectivity index (χ0n) is 12.9. The maximum absolute atomic E-state index is 6.20. The quantitative estimate of drug-likeness (QED) is 0.728. The Balaban J connectivity index is 2.17. The second kappa shape index (κ2) is 6.02. The van der Waals surface area contributed by atoms with Crippen LogP contribution in [0.2, 0.25) is 5.02 Å². The molecule has 0 radical (unpaired) electrons. The predicted octanol–water partition coefficient (Wildman–Crippen LogP) is 3.61. The first-order chi connectivity index (χ1) is 9.84. The molecule has 3 nitrogen and oxygen atoms in total. The van der Waals surface area contributed by atoms with Gasteiger partial charge in [-0.15, -0.1) is 0 Å². The standard InChI is InChI=1S/C17H24ClN3/c1-11(2)15(19)10-12(3)16(20)21-17(8-9-17)13-4-6-14(18)7-5-13/h4-7,10-11,21H,8-9,19-20H2,1-3H3/b15-10-,16-12+. The first-order valence-electron chi connectivity index (χ1n) is 7.32. The molecule has 5 N–H and O–H groups in total. The number of halogens is 1. The van der Waals surface area contributed by atoms with Crippen molar-refractivity contribution in [1.82, 2.24) is 5.32 Å². The smallest absolute Gasteiger partial charge is 0.0997 e. The Kier molecular flexibility index (Phi) is 4.52. The van der Waals surface area contributed by atoms with E-state index >= 15 is 0 Å². The van der Waals surface area contributed by atoms with E-state index in [1.54, 1.807) is 0 Å². The van der Waals surface area contributed by atoms with E-state index in [1.165, 1.54) is 5.56 Å². The number of hydrogen-bond acceptors (Lipinski definition) is 3. The van der Waals surface area contributed by atoms with Gasteiger partial charge in [-0.3, -0.25) is 0 Å². The summed E-state index contributed by atoms with van der Waals surface area (Å²) in [6, 6.07) is 7.95. The van der Waals surface area contributed by atoms with E-state index in [4.69, 9.17) is 23.1 Å². The molecule has 0 aliphatic heterocycles. The highest BCUT2D eigenvalue weighted by atomic mass is 35.5. The van der Waals surface area contributed by atoms with E-state index in [2.05, 4.69) is 31.3 Å². The highest BCUT2D eigenvalue weighted by molar-refractivity contribution is 6.30. The maximum Gasteiger partial charge on any atom is 0.0997 e. The van der Waals surface area contributed by atoms with Gasteiger partial charge in [0.05, 0.1) is 11.4 Å². The third-order valence-electron chi connectivity index (χ3n) is 4.00. The third kappa shape index (κ3) is 3.73. The lowest BCUT2D eigenvalue weighted by Crippen LogP contribution is -2.32. The van der Waals surface area contributed by atoms with Crippen LogP contribution in [0.1, 0.15) is 39.2 Å². The highest BCUT2D eigenvalue weighted by Gasteiger charge is 2.44. The van der Waals surface area contributed by atoms with Crippen LogP contribution >= 0.6 is 11.6 Å². The second-order valence-electron chi connectivity index (χ2n) is 6.11. The highest BCUT2D eigenvalue weighted by Crippen LogP contribution is 2.46. The van der Waals surface area contributed by atoms with Crippen LogP contribution < -0.4 is 16.8 Å². The summed E-state index contributed by atoms with van der Waals surface area (Å²) in [7, 11) is 0. The normalized spacial score (nSPS) is 18.4. The molecule has 0 saturated heterocycles. The molecule has 2 rings (SSSR count). The Morgan fingerprint density at radius 1 is 1.24 bits per heavy atom. The van der Waals surface area contributed by atoms with E-state index < -0.39 is 0 Å². The minimum Gasteiger partial charge on any atom is -0.402 e. The molecule has 4 heteroatoms. The van der Waals surface area contributed by atoms with Crippen LogP contribution in [0, 0.1) is 5.92 Å². The Morgan fingerprint density at radius 2 is 1.81 bits per heavy atom. The summed E-state index contributed by atoms with van der Waals surface area (Å²) >= 11 is 5.95. The van der Waals surface area contributed by atoms with Gasteiger partial charge in [0.15, 0.2) is 0 Å². The number of benzene rings is 1. The molecule has 0 unspecified atom stereocenters. The SMILES string of the molecule is CC(/C=C(\N)C(C)C)=C(/N)NC1(c2ccc(Cl)cc2)CC1. The van der Waals surface area contributed by atoms with Crippen LogP contribution in [0.5, 0.6) is 0 Å². The van der Waals surface area contributed by atoms with E-state index in [9.17, 15) is 0 Å². The number of nitrogens with one attached hydrogen (secondary N) is 1. The molecule has 1 aliphatic rings. The molecular formula is C17H24ClN3. The molecular weight excluding hydrogens is 282 g/mol. The maximum atomic E-state index is 6.20. The summed E-state index contributed by atoms with van der Waals surface area (Å²) < 4.78 is 0. The Labute approximate surface area is 132 Å². The van der Waals surface area contributed by atoms with Crippen LogP contribution in [0.15, 0.2) is 47.4 Å². The van der Waals surface area contributed by atoms with Gasteiger partial charge in [0.1, 0.15) is 0 Å². The minimum absolute atomic E-state index is 0.0453. The summed E-state index contributed by atoms with van der Waals surface area (Å²) in [4.78, 5) is 0. The Hall–Kier alpha value is -1.61. The van der Waals surface area contributed by atoms with Crippen molar-refractivity contribution in [2.24, 2.45) is 17.4 Å². The van der Waals surface area contributed by atoms with Crippen molar-refractivity contribution in [3.05, 3.63) is 58.0 Å². The van der Waals surface area contributed by atoms with Crippen LogP contribution in [0.25, 0.3) is 0 Å². The van der Waals surface area contributed by atoms with Gasteiger partial charge in [-0.25, -0.2) is 0 Å². The molecule has 0 spiro atoms. The van der Waals surface area contributed by atoms with Gasteiger partial charge >= 0.3 is 0 Å². The van der Waals surface area contributed by atoms with Crippen LogP contribution in [0.3, 0.4) is 0 Å². The molecule has 114 valence electrons. The number of rotatable bonds is 5. The first kappa shape index (κ1) is 15.8. The first-order valence-corrected chi connectivity index (χ1v) is 7.69. The van der Waals surface area contributed by atoms with Crippen LogP contribution in [0.4, 0.5) is 0 Å². The zero-order chi connectivity index (χ0) is 15.6. The topological polar surface area (TPSA) is 64.1 Å². The van der Waals surface area contributed by atoms with Crippen molar-refractivity contribution < 1.29 is 0 Å². The molecule has 1 aromatic rings. The second-order valence-corrected chi connectivity index (χ2v) is 6.55. The van der Waals surface area contributed by atoms with Crippen molar-refractivity contribution in [2.45, 2.75) is 39.2 Å². The monoisotopic (exact) mass is 305 g/mol. The predicted molar refractivity (Wildman–Crippen MR) is 89.5 cm³/mol. The minimum atomic E-state index is -0.0453. The molecule has 0 bridgehead atoms. The molecule has 1 saturated carbocycles. The molecule has 1 aliphatic carbocycles. The average Bonchev–Trinajstić information content (AvgIpc) is 3.19. The number of allylic oxidation sites excluding steroid dienone is 3. The molecule has 0 heterocycles. The molecule has 0 atom stereocenters. The van der Waals surface area contributed by atoms with Crippen molar-refractivity contribution in [3.8, 4) is 0 Å². The Morgan fingerprint density at radius 3 is 2.29 bits per heavy atom. The van der Waals surface area contributed by atoms with Gasteiger partial charge in [0, 0.05) is 10.7 Å². The fourth-order valence-electron chi connectivity index (χ4n) is 2.23. The van der Waals surface area contributed by atoms with Gasteiger partial charge in [-0.05, 0) is 55.0 Å². The van der Waals surface area contributed by atoms with Crippen LogP contribution in [-0.2, 0) is 5.54 Å². The summed E-state index contributed by atoms with van der Waals surface area (Å²) in [5.41, 5.74) is 15.2. The fraction of sp³-hybridized carbons (Fsp3) is 0.412. The van der Waals surface area contributed by atoms with E-state index in [1.807, 2.05) is 25.1 Å². The average molecular weight is 306 g/mol. The van der Waals surface area contributed by atoms with Crippen LogP contribution in [-0.4, -0.2) is 0 Å². The lowest BCUT2D eigenvalue weighted by Gasteiger charge is -2.21. The van der Waals surface area contributed by atoms with E-state index in [0.29, 0.717) is 11.7 Å². The zero-order valence-corrected chi connectivity index (χ0v) is 13.7. The van der Waals surface area contributed by atoms with Gasteiger partial charge in [0.25, 0.3) is 0 Å². The van der Waals surface area contributed by atoms with Crippen molar-refractivity contribution >= 4 is 11.6 Å². The lowest BCUT2D eigenvalue weighted by atomic mass is 10.0. The van der Waals surface area contributed by atoms with Gasteiger partial charge < -0.3 is 16.8 Å². The summed E-state index contributed by atoms with van der Waals surface area (Å²) in [5.74, 6) is 1.00. The summed E-state index contributed by atoms with van der Waals surface area (Å²) in [6.45, 7) is 6.12. The van der Waals surface area contributed by atoms with E-state index in [0.717, 1.165) is 29.1 Å². The molecule has 0 amide bonds. The fourth-order valence-corrected chi connectivity index (χ4v) is 2.36. The van der Waals surface area contributed by atoms with Crippen molar-refractivity contribution in [3.63, 3.8) is 0 Å². The largest absolute Gasteiger partial charge is 0.402 e. The third-order valence-corrected chi connectivity index (χ3v) is 4.25. The lowest BCUT2D eigenvalue weighted by molar-refractivity contribution is 0.580. The number of nitrogens with two attached hydrogens (primary N) is 2. The van der Waals surface area contributed by atoms with Crippen molar-refractivity contribution in [1.29, 1.82) is 0 Å². The molecule has 1 aromatic carbocycles. The molecule has 0 aromatic heterocycles. The summed E-state index contributed by atoms with van der Waals surface area (Å²) in [6.07, 6.45) is 4.10.